The fraction of sp³-hybridized carbons (Fsp3) is 0.429. The van der Waals surface area contributed by atoms with E-state index < -0.39 is 10.0 Å². The molecule has 0 heterocycles. The van der Waals surface area contributed by atoms with E-state index in [9.17, 15) is 8.42 Å². The molecule has 2 aromatic rings. The van der Waals surface area contributed by atoms with Crippen molar-refractivity contribution in [2.24, 2.45) is 0 Å². The molecule has 2 N–H and O–H groups in total. The lowest BCUT2D eigenvalue weighted by molar-refractivity contribution is 0.378. The molecule has 1 aliphatic carbocycles. The predicted octanol–water partition coefficient (Wildman–Crippen LogP) is 4.31. The minimum atomic E-state index is -3.51. The van der Waals surface area contributed by atoms with Gasteiger partial charge in [-0.1, -0.05) is 42.7 Å². The van der Waals surface area contributed by atoms with Crippen molar-refractivity contribution in [3.8, 4) is 0 Å². The van der Waals surface area contributed by atoms with Gasteiger partial charge in [0.05, 0.1) is 4.90 Å². The van der Waals surface area contributed by atoms with Gasteiger partial charge >= 0.3 is 0 Å². The summed E-state index contributed by atoms with van der Waals surface area (Å²) >= 11 is 0. The Morgan fingerprint density at radius 1 is 0.846 bits per heavy atom. The van der Waals surface area contributed by atoms with Gasteiger partial charge in [-0.3, -0.25) is 0 Å². The summed E-state index contributed by atoms with van der Waals surface area (Å²) in [5, 5.41) is 3.60. The highest BCUT2D eigenvalue weighted by molar-refractivity contribution is 7.89. The molecule has 26 heavy (non-hydrogen) atoms. The number of nitrogens with one attached hydrogen (secondary N) is 2. The SMILES string of the molecule is Cc1ccc(S(=O)(=O)N[C@@H]2CCCC[C@@H]2Nc2cc(C)ccc2C)cc1. The van der Waals surface area contributed by atoms with Crippen LogP contribution >= 0.6 is 0 Å². The highest BCUT2D eigenvalue weighted by atomic mass is 32.2. The molecule has 2 atom stereocenters. The normalized spacial score (nSPS) is 20.7. The van der Waals surface area contributed by atoms with Crippen LogP contribution in [0.3, 0.4) is 0 Å². The van der Waals surface area contributed by atoms with E-state index in [1.165, 1.54) is 11.1 Å². The summed E-state index contributed by atoms with van der Waals surface area (Å²) in [4.78, 5) is 0.333. The lowest BCUT2D eigenvalue weighted by Gasteiger charge is -2.33. The lowest BCUT2D eigenvalue weighted by Crippen LogP contribution is -2.48. The average Bonchev–Trinajstić information content (AvgIpc) is 2.60. The van der Waals surface area contributed by atoms with E-state index in [4.69, 9.17) is 0 Å². The molecule has 2 aromatic carbocycles. The maximum absolute atomic E-state index is 12.8. The molecule has 0 aromatic heterocycles. The van der Waals surface area contributed by atoms with Crippen LogP contribution in [-0.2, 0) is 10.0 Å². The first-order valence-corrected chi connectivity index (χ1v) is 10.8. The summed E-state index contributed by atoms with van der Waals surface area (Å²) in [5.74, 6) is 0. The van der Waals surface area contributed by atoms with Crippen molar-refractivity contribution in [1.29, 1.82) is 0 Å². The van der Waals surface area contributed by atoms with E-state index in [1.54, 1.807) is 12.1 Å². The largest absolute Gasteiger partial charge is 0.380 e. The Hall–Kier alpha value is -1.85. The molecular formula is C21H28N2O2S. The van der Waals surface area contributed by atoms with E-state index in [0.717, 1.165) is 36.9 Å². The summed E-state index contributed by atoms with van der Waals surface area (Å²) in [5.41, 5.74) is 4.53. The van der Waals surface area contributed by atoms with Crippen molar-refractivity contribution in [1.82, 2.24) is 4.72 Å². The van der Waals surface area contributed by atoms with Gasteiger partial charge in [0.1, 0.15) is 0 Å². The molecule has 1 fully saturated rings. The van der Waals surface area contributed by atoms with Crippen LogP contribution in [0.2, 0.25) is 0 Å². The van der Waals surface area contributed by atoms with Crippen molar-refractivity contribution in [3.63, 3.8) is 0 Å². The van der Waals surface area contributed by atoms with Gasteiger partial charge < -0.3 is 5.32 Å². The van der Waals surface area contributed by atoms with Crippen molar-refractivity contribution in [2.45, 2.75) is 63.4 Å². The second kappa shape index (κ2) is 7.80. The van der Waals surface area contributed by atoms with Gasteiger partial charge in [-0.15, -0.1) is 0 Å². The zero-order valence-electron chi connectivity index (χ0n) is 15.7. The summed E-state index contributed by atoms with van der Waals surface area (Å²) in [6.07, 6.45) is 3.99. The van der Waals surface area contributed by atoms with Crippen LogP contribution < -0.4 is 10.0 Å². The fourth-order valence-corrected chi connectivity index (χ4v) is 4.83. The molecule has 0 saturated heterocycles. The molecule has 0 amide bonds. The third kappa shape index (κ3) is 4.46. The third-order valence-electron chi connectivity index (χ3n) is 5.14. The number of benzene rings is 2. The van der Waals surface area contributed by atoms with Crippen LogP contribution in [0.25, 0.3) is 0 Å². The van der Waals surface area contributed by atoms with Crippen molar-refractivity contribution in [3.05, 3.63) is 59.2 Å². The van der Waals surface area contributed by atoms with E-state index in [2.05, 4.69) is 42.1 Å². The lowest BCUT2D eigenvalue weighted by atomic mass is 9.90. The molecule has 3 rings (SSSR count). The van der Waals surface area contributed by atoms with Crippen molar-refractivity contribution in [2.75, 3.05) is 5.32 Å². The molecular weight excluding hydrogens is 344 g/mol. The van der Waals surface area contributed by atoms with Gasteiger partial charge in [0.2, 0.25) is 10.0 Å². The average molecular weight is 373 g/mol. The molecule has 0 unspecified atom stereocenters. The fourth-order valence-electron chi connectivity index (χ4n) is 3.52. The molecule has 1 saturated carbocycles. The van der Waals surface area contributed by atoms with Crippen LogP contribution in [0.15, 0.2) is 47.4 Å². The second-order valence-electron chi connectivity index (χ2n) is 7.39. The van der Waals surface area contributed by atoms with Gasteiger partial charge in [0.15, 0.2) is 0 Å². The second-order valence-corrected chi connectivity index (χ2v) is 9.11. The Balaban J connectivity index is 1.78. The summed E-state index contributed by atoms with van der Waals surface area (Å²) in [7, 11) is -3.51. The quantitative estimate of drug-likeness (QED) is 0.822. The maximum Gasteiger partial charge on any atom is 0.240 e. The first kappa shape index (κ1) is 18.9. The monoisotopic (exact) mass is 372 g/mol. The maximum atomic E-state index is 12.8. The number of aryl methyl sites for hydroxylation is 3. The highest BCUT2D eigenvalue weighted by Crippen LogP contribution is 2.26. The number of anilines is 1. The number of rotatable bonds is 5. The molecule has 0 aliphatic heterocycles. The Kier molecular flexibility index (Phi) is 5.68. The Morgan fingerprint density at radius 2 is 1.46 bits per heavy atom. The van der Waals surface area contributed by atoms with E-state index in [1.807, 2.05) is 19.1 Å². The summed E-state index contributed by atoms with van der Waals surface area (Å²) in [6.45, 7) is 6.11. The van der Waals surface area contributed by atoms with Gasteiger partial charge in [-0.25, -0.2) is 13.1 Å². The molecule has 4 nitrogen and oxygen atoms in total. The van der Waals surface area contributed by atoms with Crippen LogP contribution in [0.4, 0.5) is 5.69 Å². The number of hydrogen-bond donors (Lipinski definition) is 2. The Labute approximate surface area is 157 Å². The van der Waals surface area contributed by atoms with Crippen LogP contribution in [0, 0.1) is 20.8 Å². The van der Waals surface area contributed by atoms with Gasteiger partial charge in [0, 0.05) is 17.8 Å². The molecule has 5 heteroatoms. The minimum Gasteiger partial charge on any atom is -0.380 e. The molecule has 0 spiro atoms. The number of sulfonamides is 1. The van der Waals surface area contributed by atoms with E-state index >= 15 is 0 Å². The molecule has 0 radical (unpaired) electrons. The molecule has 140 valence electrons. The predicted molar refractivity (Wildman–Crippen MR) is 107 cm³/mol. The minimum absolute atomic E-state index is 0.101. The topological polar surface area (TPSA) is 58.2 Å². The summed E-state index contributed by atoms with van der Waals surface area (Å²) in [6, 6.07) is 13.4. The Bertz CT molecular complexity index is 860. The first-order chi connectivity index (χ1) is 12.3. The first-order valence-electron chi connectivity index (χ1n) is 9.28. The zero-order chi connectivity index (χ0) is 18.7. The summed E-state index contributed by atoms with van der Waals surface area (Å²) < 4.78 is 28.5. The van der Waals surface area contributed by atoms with Crippen molar-refractivity contribution < 1.29 is 8.42 Å². The van der Waals surface area contributed by atoms with Gasteiger partial charge in [0.25, 0.3) is 0 Å². The molecule has 1 aliphatic rings. The van der Waals surface area contributed by atoms with Gasteiger partial charge in [-0.2, -0.15) is 0 Å². The third-order valence-corrected chi connectivity index (χ3v) is 6.64. The van der Waals surface area contributed by atoms with Crippen molar-refractivity contribution >= 4 is 15.7 Å². The van der Waals surface area contributed by atoms with Crippen LogP contribution in [0.5, 0.6) is 0 Å². The Morgan fingerprint density at radius 3 is 2.15 bits per heavy atom. The highest BCUT2D eigenvalue weighted by Gasteiger charge is 2.29. The molecule has 0 bridgehead atoms. The zero-order valence-corrected chi connectivity index (χ0v) is 16.6. The van der Waals surface area contributed by atoms with Crippen LogP contribution in [0.1, 0.15) is 42.4 Å². The van der Waals surface area contributed by atoms with E-state index in [0.29, 0.717) is 4.90 Å². The number of hydrogen-bond acceptors (Lipinski definition) is 3. The van der Waals surface area contributed by atoms with E-state index in [-0.39, 0.29) is 12.1 Å². The standard InChI is InChI=1S/C21H28N2O2S/c1-15-9-12-18(13-10-15)26(24,25)23-20-7-5-4-6-19(20)22-21-14-16(2)8-11-17(21)3/h8-14,19-20,22-23H,4-7H2,1-3H3/t19-,20+/m0/s1. The van der Waals surface area contributed by atoms with Gasteiger partial charge in [-0.05, 0) is 62.9 Å². The smallest absolute Gasteiger partial charge is 0.240 e. The van der Waals surface area contributed by atoms with Crippen LogP contribution in [-0.4, -0.2) is 20.5 Å².